The summed E-state index contributed by atoms with van der Waals surface area (Å²) in [7, 11) is 0. The predicted octanol–water partition coefficient (Wildman–Crippen LogP) is 2.40. The van der Waals surface area contributed by atoms with Crippen LogP contribution in [0.15, 0.2) is 0 Å². The summed E-state index contributed by atoms with van der Waals surface area (Å²) in [5.74, 6) is 0.815. The van der Waals surface area contributed by atoms with Gasteiger partial charge in [-0.15, -0.1) is 0 Å². The average molecular weight is 109 g/mol. The highest BCUT2D eigenvalue weighted by atomic mass is 14.5. The summed E-state index contributed by atoms with van der Waals surface area (Å²) >= 11 is 0. The van der Waals surface area contributed by atoms with E-state index in [4.69, 9.17) is 0 Å². The minimum Gasteiger partial charge on any atom is -0.0522 e. The van der Waals surface area contributed by atoms with Crippen LogP contribution in [0.25, 0.3) is 0 Å². The average Bonchev–Trinajstić information content (AvgIpc) is 1.51. The zero-order valence-corrected chi connectivity index (χ0v) is 5.32. The smallest absolute Gasteiger partial charge is 0.0292 e. The van der Waals surface area contributed by atoms with Crippen LogP contribution in [0, 0.1) is 18.3 Å². The van der Waals surface area contributed by atoms with Crippen LogP contribution in [0.2, 0.25) is 0 Å². The fourth-order valence-corrected chi connectivity index (χ4v) is 2.25. The molecule has 0 saturated heterocycles. The van der Waals surface area contributed by atoms with Crippen molar-refractivity contribution in [3.8, 4) is 0 Å². The molecule has 1 radical (unpaired) electrons. The number of hydrogen-bond acceptors (Lipinski definition) is 0. The molecular weight excluding hydrogens is 96.1 g/mol. The van der Waals surface area contributed by atoms with Crippen molar-refractivity contribution in [1.29, 1.82) is 0 Å². The first kappa shape index (κ1) is 4.84. The third-order valence-electron chi connectivity index (χ3n) is 2.86. The third kappa shape index (κ3) is 0.463. The van der Waals surface area contributed by atoms with Crippen LogP contribution < -0.4 is 0 Å². The molecule has 2 aliphatic rings. The summed E-state index contributed by atoms with van der Waals surface area (Å²) in [6, 6.07) is 0. The van der Waals surface area contributed by atoms with Crippen LogP contribution in [0.4, 0.5) is 0 Å². The molecule has 45 valence electrons. The van der Waals surface area contributed by atoms with Crippen molar-refractivity contribution in [3.63, 3.8) is 0 Å². The normalized spacial score (nSPS) is 34.1. The SMILES string of the molecule is [CH2]C1CC2(CCC2)C1. The van der Waals surface area contributed by atoms with Gasteiger partial charge in [-0.2, -0.15) is 0 Å². The molecule has 0 heterocycles. The van der Waals surface area contributed by atoms with Crippen molar-refractivity contribution >= 4 is 0 Å². The van der Waals surface area contributed by atoms with Gasteiger partial charge in [0.2, 0.25) is 0 Å². The lowest BCUT2D eigenvalue weighted by Gasteiger charge is -2.53. The lowest BCUT2D eigenvalue weighted by atomic mass is 9.52. The first-order valence-electron chi connectivity index (χ1n) is 3.64. The maximum Gasteiger partial charge on any atom is -0.0292 e. The molecule has 2 fully saturated rings. The Labute approximate surface area is 51.3 Å². The van der Waals surface area contributed by atoms with Crippen molar-refractivity contribution in [2.45, 2.75) is 32.1 Å². The molecule has 2 saturated carbocycles. The van der Waals surface area contributed by atoms with E-state index in [0.29, 0.717) is 0 Å². The van der Waals surface area contributed by atoms with Gasteiger partial charge in [0.1, 0.15) is 0 Å². The highest BCUT2D eigenvalue weighted by Crippen LogP contribution is 2.58. The van der Waals surface area contributed by atoms with E-state index in [9.17, 15) is 0 Å². The maximum atomic E-state index is 4.02. The second kappa shape index (κ2) is 1.29. The Morgan fingerprint density at radius 1 is 1.25 bits per heavy atom. The zero-order chi connectivity index (χ0) is 5.61. The lowest BCUT2D eigenvalue weighted by Crippen LogP contribution is -2.41. The molecule has 0 atom stereocenters. The van der Waals surface area contributed by atoms with Crippen LogP contribution in [-0.2, 0) is 0 Å². The summed E-state index contributed by atoms with van der Waals surface area (Å²) in [5, 5.41) is 0. The van der Waals surface area contributed by atoms with Gasteiger partial charge in [-0.3, -0.25) is 0 Å². The highest BCUT2D eigenvalue weighted by molar-refractivity contribution is 4.99. The molecule has 0 aliphatic heterocycles. The van der Waals surface area contributed by atoms with E-state index in [2.05, 4.69) is 6.92 Å². The molecule has 2 rings (SSSR count). The van der Waals surface area contributed by atoms with Gasteiger partial charge in [-0.25, -0.2) is 0 Å². The van der Waals surface area contributed by atoms with E-state index in [1.54, 1.807) is 0 Å². The summed E-state index contributed by atoms with van der Waals surface area (Å²) in [5.41, 5.74) is 0.854. The monoisotopic (exact) mass is 109 g/mol. The van der Waals surface area contributed by atoms with Crippen LogP contribution >= 0.6 is 0 Å². The largest absolute Gasteiger partial charge is 0.0522 e. The molecule has 0 bridgehead atoms. The quantitative estimate of drug-likeness (QED) is 0.448. The molecule has 0 N–H and O–H groups in total. The summed E-state index contributed by atoms with van der Waals surface area (Å²) in [6.45, 7) is 4.02. The molecule has 2 aliphatic carbocycles. The minimum atomic E-state index is 0.815. The Hall–Kier alpha value is 0. The van der Waals surface area contributed by atoms with Gasteiger partial charge in [0.25, 0.3) is 0 Å². The molecule has 1 spiro atoms. The molecule has 0 nitrogen and oxygen atoms in total. The third-order valence-corrected chi connectivity index (χ3v) is 2.86. The Morgan fingerprint density at radius 3 is 2.00 bits per heavy atom. The Kier molecular flexibility index (Phi) is 0.778. The molecule has 0 aromatic carbocycles. The Morgan fingerprint density at radius 2 is 1.88 bits per heavy atom. The van der Waals surface area contributed by atoms with E-state index < -0.39 is 0 Å². The van der Waals surface area contributed by atoms with E-state index >= 15 is 0 Å². The van der Waals surface area contributed by atoms with Crippen molar-refractivity contribution in [2.75, 3.05) is 0 Å². The number of hydrogen-bond donors (Lipinski definition) is 0. The second-order valence-electron chi connectivity index (χ2n) is 3.63. The van der Waals surface area contributed by atoms with Gasteiger partial charge in [-0.1, -0.05) is 13.3 Å². The highest BCUT2D eigenvalue weighted by Gasteiger charge is 2.45. The van der Waals surface area contributed by atoms with Crippen molar-refractivity contribution < 1.29 is 0 Å². The standard InChI is InChI=1S/C8H13/c1-7-5-8(6-7)3-2-4-8/h7H,1-6H2. The Balaban J connectivity index is 1.92. The maximum absolute atomic E-state index is 4.02. The van der Waals surface area contributed by atoms with Gasteiger partial charge in [0, 0.05) is 0 Å². The van der Waals surface area contributed by atoms with Gasteiger partial charge in [-0.05, 0) is 37.0 Å². The van der Waals surface area contributed by atoms with Gasteiger partial charge in [0.05, 0.1) is 0 Å². The summed E-state index contributed by atoms with van der Waals surface area (Å²) in [6.07, 6.45) is 7.39. The fraction of sp³-hybridized carbons (Fsp3) is 0.875. The summed E-state index contributed by atoms with van der Waals surface area (Å²) < 4.78 is 0. The molecule has 0 amide bonds. The summed E-state index contributed by atoms with van der Waals surface area (Å²) in [4.78, 5) is 0. The van der Waals surface area contributed by atoms with Crippen LogP contribution in [0.1, 0.15) is 32.1 Å². The lowest BCUT2D eigenvalue weighted by molar-refractivity contribution is -0.00529. The predicted molar refractivity (Wildman–Crippen MR) is 34.4 cm³/mol. The van der Waals surface area contributed by atoms with Gasteiger partial charge in [0.15, 0.2) is 0 Å². The topological polar surface area (TPSA) is 0 Å². The second-order valence-corrected chi connectivity index (χ2v) is 3.63. The van der Waals surface area contributed by atoms with Gasteiger partial charge < -0.3 is 0 Å². The van der Waals surface area contributed by atoms with E-state index in [-0.39, 0.29) is 0 Å². The van der Waals surface area contributed by atoms with Crippen molar-refractivity contribution in [3.05, 3.63) is 6.92 Å². The molecular formula is C8H13. The van der Waals surface area contributed by atoms with Gasteiger partial charge >= 0.3 is 0 Å². The molecule has 0 aromatic rings. The van der Waals surface area contributed by atoms with E-state index in [1.807, 2.05) is 0 Å². The molecule has 0 unspecified atom stereocenters. The first-order valence-corrected chi connectivity index (χ1v) is 3.64. The van der Waals surface area contributed by atoms with Crippen LogP contribution in [-0.4, -0.2) is 0 Å². The first-order chi connectivity index (χ1) is 3.81. The minimum absolute atomic E-state index is 0.815. The van der Waals surface area contributed by atoms with Crippen molar-refractivity contribution in [2.24, 2.45) is 11.3 Å². The fourth-order valence-electron chi connectivity index (χ4n) is 2.25. The van der Waals surface area contributed by atoms with E-state index in [1.165, 1.54) is 32.1 Å². The van der Waals surface area contributed by atoms with Crippen molar-refractivity contribution in [1.82, 2.24) is 0 Å². The molecule has 8 heavy (non-hydrogen) atoms. The van der Waals surface area contributed by atoms with Crippen LogP contribution in [0.3, 0.4) is 0 Å². The zero-order valence-electron chi connectivity index (χ0n) is 5.32. The Bertz CT molecular complexity index is 92.6. The van der Waals surface area contributed by atoms with E-state index in [0.717, 1.165) is 11.3 Å². The molecule has 0 aromatic heterocycles. The number of rotatable bonds is 0. The molecule has 0 heteroatoms. The van der Waals surface area contributed by atoms with Crippen LogP contribution in [0.5, 0.6) is 0 Å².